The first kappa shape index (κ1) is 14.3. The highest BCUT2D eigenvalue weighted by Crippen LogP contribution is 2.08. The molecule has 1 atom stereocenters. The van der Waals surface area contributed by atoms with E-state index in [1.54, 1.807) is 15.8 Å². The molecule has 0 aliphatic carbocycles. The third-order valence-electron chi connectivity index (χ3n) is 3.00. The second kappa shape index (κ2) is 6.90. The summed E-state index contributed by atoms with van der Waals surface area (Å²) in [6, 6.07) is 1.62. The SMILES string of the molecule is O=C(O)CC1CN(C(=O)NCCn2cccn2)CCO1. The van der Waals surface area contributed by atoms with E-state index in [2.05, 4.69) is 10.4 Å². The van der Waals surface area contributed by atoms with Crippen LogP contribution in [0, 0.1) is 0 Å². The van der Waals surface area contributed by atoms with Crippen molar-refractivity contribution < 1.29 is 19.4 Å². The summed E-state index contributed by atoms with van der Waals surface area (Å²) in [5, 5.41) is 15.6. The number of rotatable bonds is 5. The van der Waals surface area contributed by atoms with Gasteiger partial charge in [-0.15, -0.1) is 0 Å². The molecule has 8 heteroatoms. The average Bonchev–Trinajstić information content (AvgIpc) is 2.91. The summed E-state index contributed by atoms with van der Waals surface area (Å²) in [5.41, 5.74) is 0. The zero-order chi connectivity index (χ0) is 14.4. The van der Waals surface area contributed by atoms with Crippen LogP contribution in [0.1, 0.15) is 6.42 Å². The number of hydrogen-bond acceptors (Lipinski definition) is 4. The molecule has 8 nitrogen and oxygen atoms in total. The first-order chi connectivity index (χ1) is 9.65. The predicted octanol–water partition coefficient (Wildman–Crippen LogP) is -0.232. The van der Waals surface area contributed by atoms with Crippen LogP contribution in [0.3, 0.4) is 0 Å². The highest BCUT2D eigenvalue weighted by atomic mass is 16.5. The van der Waals surface area contributed by atoms with E-state index in [0.29, 0.717) is 32.8 Å². The lowest BCUT2D eigenvalue weighted by molar-refractivity contribution is -0.141. The zero-order valence-electron chi connectivity index (χ0n) is 11.1. The fourth-order valence-electron chi connectivity index (χ4n) is 2.04. The number of carbonyl (C=O) groups is 2. The van der Waals surface area contributed by atoms with Crippen molar-refractivity contribution in [3.8, 4) is 0 Å². The summed E-state index contributed by atoms with van der Waals surface area (Å²) in [4.78, 5) is 24.2. The van der Waals surface area contributed by atoms with Crippen LogP contribution in [0.4, 0.5) is 4.79 Å². The standard InChI is InChI=1S/C12H18N4O4/c17-11(18)8-10-9-15(6-7-20-10)12(19)13-3-5-16-4-1-2-14-16/h1-2,4,10H,3,5-9H2,(H,13,19)(H,17,18). The minimum atomic E-state index is -0.920. The number of carboxylic acid groups (broad SMARTS) is 1. The number of amides is 2. The Kier molecular flexibility index (Phi) is 4.94. The Hall–Kier alpha value is -2.09. The molecule has 0 bridgehead atoms. The smallest absolute Gasteiger partial charge is 0.317 e. The second-order valence-electron chi connectivity index (χ2n) is 4.54. The molecular formula is C12H18N4O4. The number of hydrogen-bond donors (Lipinski definition) is 2. The molecule has 2 amide bonds. The first-order valence-electron chi connectivity index (χ1n) is 6.49. The number of nitrogens with one attached hydrogen (secondary N) is 1. The summed E-state index contributed by atoms with van der Waals surface area (Å²) in [6.45, 7) is 2.22. The van der Waals surface area contributed by atoms with Crippen molar-refractivity contribution in [2.24, 2.45) is 0 Å². The van der Waals surface area contributed by atoms with E-state index < -0.39 is 12.1 Å². The molecule has 1 aromatic rings. The van der Waals surface area contributed by atoms with Crippen LogP contribution < -0.4 is 5.32 Å². The molecule has 0 saturated carbocycles. The van der Waals surface area contributed by atoms with Crippen LogP contribution in [0.15, 0.2) is 18.5 Å². The lowest BCUT2D eigenvalue weighted by Gasteiger charge is -2.32. The maximum Gasteiger partial charge on any atom is 0.317 e. The summed E-state index contributed by atoms with van der Waals surface area (Å²) in [5.74, 6) is -0.920. The maximum absolute atomic E-state index is 11.9. The molecular weight excluding hydrogens is 264 g/mol. The minimum absolute atomic E-state index is 0.0862. The van der Waals surface area contributed by atoms with E-state index in [4.69, 9.17) is 9.84 Å². The minimum Gasteiger partial charge on any atom is -0.481 e. The van der Waals surface area contributed by atoms with Gasteiger partial charge in [0.1, 0.15) is 0 Å². The molecule has 1 saturated heterocycles. The maximum atomic E-state index is 11.9. The molecule has 1 unspecified atom stereocenters. The molecule has 1 aliphatic heterocycles. The van der Waals surface area contributed by atoms with E-state index in [0.717, 1.165) is 0 Å². The number of morpholine rings is 1. The number of aliphatic carboxylic acids is 1. The van der Waals surface area contributed by atoms with Gasteiger partial charge < -0.3 is 20.1 Å². The molecule has 110 valence electrons. The highest BCUT2D eigenvalue weighted by Gasteiger charge is 2.25. The monoisotopic (exact) mass is 282 g/mol. The van der Waals surface area contributed by atoms with Crippen molar-refractivity contribution in [3.05, 3.63) is 18.5 Å². The van der Waals surface area contributed by atoms with Gasteiger partial charge in [-0.05, 0) is 6.07 Å². The van der Waals surface area contributed by atoms with Gasteiger partial charge in [-0.3, -0.25) is 9.48 Å². The van der Waals surface area contributed by atoms with Gasteiger partial charge in [-0.1, -0.05) is 0 Å². The van der Waals surface area contributed by atoms with Gasteiger partial charge in [0.2, 0.25) is 0 Å². The lowest BCUT2D eigenvalue weighted by atomic mass is 10.2. The fraction of sp³-hybridized carbons (Fsp3) is 0.583. The van der Waals surface area contributed by atoms with Crippen LogP contribution >= 0.6 is 0 Å². The van der Waals surface area contributed by atoms with E-state index >= 15 is 0 Å². The lowest BCUT2D eigenvalue weighted by Crippen LogP contribution is -2.50. The summed E-state index contributed by atoms with van der Waals surface area (Å²) in [6.07, 6.45) is 2.99. The van der Waals surface area contributed by atoms with Gasteiger partial charge in [0, 0.05) is 32.0 Å². The average molecular weight is 282 g/mol. The van der Waals surface area contributed by atoms with E-state index in [-0.39, 0.29) is 12.5 Å². The largest absolute Gasteiger partial charge is 0.481 e. The molecule has 1 aliphatic rings. The Balaban J connectivity index is 1.72. The normalized spacial score (nSPS) is 18.8. The fourth-order valence-corrected chi connectivity index (χ4v) is 2.04. The number of nitrogens with zero attached hydrogens (tertiary/aromatic N) is 3. The molecule has 0 radical (unpaired) electrons. The quantitative estimate of drug-likeness (QED) is 0.777. The van der Waals surface area contributed by atoms with Gasteiger partial charge in [0.25, 0.3) is 0 Å². The number of carboxylic acids is 1. The van der Waals surface area contributed by atoms with Crippen molar-refractivity contribution >= 4 is 12.0 Å². The number of ether oxygens (including phenoxy) is 1. The first-order valence-corrected chi connectivity index (χ1v) is 6.49. The van der Waals surface area contributed by atoms with E-state index in [1.165, 1.54) is 0 Å². The van der Waals surface area contributed by atoms with Crippen molar-refractivity contribution in [3.63, 3.8) is 0 Å². The third-order valence-corrected chi connectivity index (χ3v) is 3.00. The van der Waals surface area contributed by atoms with Gasteiger partial charge in [0.15, 0.2) is 0 Å². The third kappa shape index (κ3) is 4.23. The number of aromatic nitrogens is 2. The molecule has 2 rings (SSSR count). The molecule has 20 heavy (non-hydrogen) atoms. The summed E-state index contributed by atoms with van der Waals surface area (Å²) >= 11 is 0. The Morgan fingerprint density at radius 1 is 1.50 bits per heavy atom. The van der Waals surface area contributed by atoms with Crippen LogP contribution in [0.5, 0.6) is 0 Å². The molecule has 0 aromatic carbocycles. The van der Waals surface area contributed by atoms with Crippen LogP contribution in [0.25, 0.3) is 0 Å². The Bertz CT molecular complexity index is 448. The molecule has 0 spiro atoms. The van der Waals surface area contributed by atoms with Crippen molar-refractivity contribution in [2.75, 3.05) is 26.2 Å². The zero-order valence-corrected chi connectivity index (χ0v) is 11.1. The molecule has 1 aromatic heterocycles. The Labute approximate surface area is 116 Å². The van der Waals surface area contributed by atoms with Crippen LogP contribution in [0.2, 0.25) is 0 Å². The van der Waals surface area contributed by atoms with Crippen molar-refractivity contribution in [1.82, 2.24) is 20.0 Å². The number of carbonyl (C=O) groups excluding carboxylic acids is 1. The topological polar surface area (TPSA) is 96.7 Å². The van der Waals surface area contributed by atoms with Crippen LogP contribution in [-0.2, 0) is 16.1 Å². The summed E-state index contributed by atoms with van der Waals surface area (Å²) < 4.78 is 7.04. The molecule has 2 heterocycles. The van der Waals surface area contributed by atoms with Crippen LogP contribution in [-0.4, -0.2) is 64.1 Å². The van der Waals surface area contributed by atoms with E-state index in [9.17, 15) is 9.59 Å². The number of urea groups is 1. The summed E-state index contributed by atoms with van der Waals surface area (Å²) in [7, 11) is 0. The Morgan fingerprint density at radius 2 is 2.35 bits per heavy atom. The van der Waals surface area contributed by atoms with Crippen molar-refractivity contribution in [2.45, 2.75) is 19.1 Å². The van der Waals surface area contributed by atoms with Gasteiger partial charge in [-0.25, -0.2) is 4.79 Å². The Morgan fingerprint density at radius 3 is 3.05 bits per heavy atom. The molecule has 1 fully saturated rings. The molecule has 2 N–H and O–H groups in total. The highest BCUT2D eigenvalue weighted by molar-refractivity contribution is 5.74. The van der Waals surface area contributed by atoms with E-state index in [1.807, 2.05) is 12.3 Å². The van der Waals surface area contributed by atoms with Gasteiger partial charge in [0.05, 0.1) is 25.7 Å². The van der Waals surface area contributed by atoms with Gasteiger partial charge in [-0.2, -0.15) is 5.10 Å². The second-order valence-corrected chi connectivity index (χ2v) is 4.54. The predicted molar refractivity (Wildman–Crippen MR) is 69.2 cm³/mol. The van der Waals surface area contributed by atoms with Gasteiger partial charge >= 0.3 is 12.0 Å². The van der Waals surface area contributed by atoms with Crippen molar-refractivity contribution in [1.29, 1.82) is 0 Å².